The maximum atomic E-state index is 12.2. The normalized spacial score (nSPS) is 11.1. The fourth-order valence-corrected chi connectivity index (χ4v) is 3.74. The first-order valence-electron chi connectivity index (χ1n) is 7.64. The maximum absolute atomic E-state index is 12.2. The molecule has 2 aromatic rings. The second-order valence-corrected chi connectivity index (χ2v) is 7.92. The van der Waals surface area contributed by atoms with E-state index in [-0.39, 0.29) is 9.77 Å². The number of sulfonamides is 1. The molecular formula is C16H20N2O5S2. The molecule has 0 aliphatic carbocycles. The van der Waals surface area contributed by atoms with Crippen molar-refractivity contribution < 1.29 is 22.7 Å². The number of hydrogen-bond acceptors (Lipinski definition) is 6. The van der Waals surface area contributed by atoms with Gasteiger partial charge in [-0.2, -0.15) is 0 Å². The highest BCUT2D eigenvalue weighted by Gasteiger charge is 2.17. The zero-order chi connectivity index (χ0) is 18.3. The van der Waals surface area contributed by atoms with E-state index in [2.05, 4.69) is 17.2 Å². The molecule has 1 aromatic carbocycles. The van der Waals surface area contributed by atoms with Gasteiger partial charge in [0.15, 0.2) is 11.5 Å². The minimum absolute atomic E-state index is 0.116. The first-order chi connectivity index (χ1) is 12.0. The van der Waals surface area contributed by atoms with Crippen LogP contribution in [0.4, 0.5) is 0 Å². The zero-order valence-electron chi connectivity index (χ0n) is 13.9. The third-order valence-corrected chi connectivity index (χ3v) is 5.89. The highest BCUT2D eigenvalue weighted by atomic mass is 32.2. The summed E-state index contributed by atoms with van der Waals surface area (Å²) in [6.07, 6.45) is 1.92. The standard InChI is InChI=1S/C16H20N2O5S2/c1-3-4-9-23-13-8-7-12(11-14(13)22-2)16(19)17-18-25(20,21)15-6-5-10-24-15/h5-8,10-11,18H,3-4,9H2,1-2H3,(H,17,19). The molecular weight excluding hydrogens is 364 g/mol. The summed E-state index contributed by atoms with van der Waals surface area (Å²) < 4.78 is 34.9. The lowest BCUT2D eigenvalue weighted by Crippen LogP contribution is -2.41. The molecule has 7 nitrogen and oxygen atoms in total. The van der Waals surface area contributed by atoms with Crippen LogP contribution < -0.4 is 19.7 Å². The lowest BCUT2D eigenvalue weighted by Gasteiger charge is -2.12. The molecule has 1 aromatic heterocycles. The van der Waals surface area contributed by atoms with Crippen LogP contribution in [0, 0.1) is 0 Å². The first kappa shape index (κ1) is 19.2. The van der Waals surface area contributed by atoms with E-state index >= 15 is 0 Å². The number of hydrazine groups is 1. The Balaban J connectivity index is 2.04. The third kappa shape index (κ3) is 5.18. The van der Waals surface area contributed by atoms with E-state index in [0.29, 0.717) is 18.1 Å². The fourth-order valence-electron chi connectivity index (χ4n) is 1.91. The van der Waals surface area contributed by atoms with Crippen LogP contribution >= 0.6 is 11.3 Å². The Hall–Kier alpha value is -2.10. The van der Waals surface area contributed by atoms with Crippen molar-refractivity contribution in [2.45, 2.75) is 24.0 Å². The van der Waals surface area contributed by atoms with E-state index in [9.17, 15) is 13.2 Å². The van der Waals surface area contributed by atoms with Crippen LogP contribution in [0.25, 0.3) is 0 Å². The predicted molar refractivity (Wildman–Crippen MR) is 95.5 cm³/mol. The van der Waals surface area contributed by atoms with Crippen molar-refractivity contribution in [2.24, 2.45) is 0 Å². The molecule has 2 N–H and O–H groups in total. The topological polar surface area (TPSA) is 93.7 Å². The number of ether oxygens (including phenoxy) is 2. The van der Waals surface area contributed by atoms with Crippen molar-refractivity contribution in [1.29, 1.82) is 0 Å². The number of carbonyl (C=O) groups is 1. The van der Waals surface area contributed by atoms with E-state index in [0.717, 1.165) is 24.2 Å². The molecule has 0 spiro atoms. The summed E-state index contributed by atoms with van der Waals surface area (Å²) in [6, 6.07) is 7.72. The van der Waals surface area contributed by atoms with Crippen molar-refractivity contribution in [3.8, 4) is 11.5 Å². The van der Waals surface area contributed by atoms with Gasteiger partial charge in [0.2, 0.25) is 0 Å². The van der Waals surface area contributed by atoms with Crippen LogP contribution in [0.1, 0.15) is 30.1 Å². The minimum Gasteiger partial charge on any atom is -0.493 e. The van der Waals surface area contributed by atoms with Crippen LogP contribution in [0.15, 0.2) is 39.9 Å². The van der Waals surface area contributed by atoms with E-state index in [1.807, 2.05) is 0 Å². The number of unbranched alkanes of at least 4 members (excludes halogenated alkanes) is 1. The quantitative estimate of drug-likeness (QED) is 0.512. The molecule has 0 aliphatic rings. The van der Waals surface area contributed by atoms with Gasteiger partial charge in [0, 0.05) is 5.56 Å². The number of hydrogen-bond donors (Lipinski definition) is 2. The SMILES string of the molecule is CCCCOc1ccc(C(=O)NNS(=O)(=O)c2cccs2)cc1OC. The first-order valence-corrected chi connectivity index (χ1v) is 10.0. The number of rotatable bonds is 9. The van der Waals surface area contributed by atoms with Gasteiger partial charge in [-0.05, 0) is 36.1 Å². The summed E-state index contributed by atoms with van der Waals surface area (Å²) >= 11 is 1.06. The Morgan fingerprint density at radius 1 is 1.24 bits per heavy atom. The Morgan fingerprint density at radius 3 is 2.68 bits per heavy atom. The zero-order valence-corrected chi connectivity index (χ0v) is 15.6. The van der Waals surface area contributed by atoms with Crippen molar-refractivity contribution in [1.82, 2.24) is 10.3 Å². The molecule has 25 heavy (non-hydrogen) atoms. The van der Waals surface area contributed by atoms with Crippen LogP contribution in [-0.2, 0) is 10.0 Å². The van der Waals surface area contributed by atoms with Gasteiger partial charge in [-0.1, -0.05) is 19.4 Å². The lowest BCUT2D eigenvalue weighted by molar-refractivity contribution is 0.0944. The molecule has 136 valence electrons. The molecule has 0 saturated carbocycles. The molecule has 9 heteroatoms. The Morgan fingerprint density at radius 2 is 2.04 bits per heavy atom. The lowest BCUT2D eigenvalue weighted by atomic mass is 10.2. The Bertz CT molecular complexity index is 804. The molecule has 0 aliphatic heterocycles. The van der Waals surface area contributed by atoms with Crippen LogP contribution in [0.2, 0.25) is 0 Å². The molecule has 0 bridgehead atoms. The molecule has 0 atom stereocenters. The molecule has 1 heterocycles. The van der Waals surface area contributed by atoms with Gasteiger partial charge in [-0.25, -0.2) is 8.42 Å². The summed E-state index contributed by atoms with van der Waals surface area (Å²) in [5, 5.41) is 1.64. The van der Waals surface area contributed by atoms with Gasteiger partial charge in [0.05, 0.1) is 13.7 Å². The largest absolute Gasteiger partial charge is 0.493 e. The number of methoxy groups -OCH3 is 1. The predicted octanol–water partition coefficient (Wildman–Crippen LogP) is 2.56. The maximum Gasteiger partial charge on any atom is 0.266 e. The van der Waals surface area contributed by atoms with Gasteiger partial charge in [-0.15, -0.1) is 16.2 Å². The summed E-state index contributed by atoms with van der Waals surface area (Å²) in [7, 11) is -2.30. The van der Waals surface area contributed by atoms with Gasteiger partial charge in [0.25, 0.3) is 15.9 Å². The Labute approximate surface area is 151 Å². The average molecular weight is 384 g/mol. The van der Waals surface area contributed by atoms with Crippen molar-refractivity contribution in [2.75, 3.05) is 13.7 Å². The Kier molecular flexibility index (Phi) is 6.80. The second-order valence-electron chi connectivity index (χ2n) is 5.06. The van der Waals surface area contributed by atoms with Crippen molar-refractivity contribution >= 4 is 27.3 Å². The monoisotopic (exact) mass is 384 g/mol. The second kappa shape index (κ2) is 8.84. The molecule has 0 radical (unpaired) electrons. The minimum atomic E-state index is -3.78. The van der Waals surface area contributed by atoms with Crippen molar-refractivity contribution in [3.63, 3.8) is 0 Å². The van der Waals surface area contributed by atoms with Gasteiger partial charge >= 0.3 is 0 Å². The molecule has 1 amide bonds. The molecule has 0 fully saturated rings. The van der Waals surface area contributed by atoms with Gasteiger partial charge < -0.3 is 9.47 Å². The number of thiophene rings is 1. The highest BCUT2D eigenvalue weighted by molar-refractivity contribution is 7.91. The van der Waals surface area contributed by atoms with E-state index in [1.54, 1.807) is 23.6 Å². The van der Waals surface area contributed by atoms with Crippen LogP contribution in [0.5, 0.6) is 11.5 Å². The number of carbonyl (C=O) groups excluding carboxylic acids is 1. The number of amides is 1. The summed E-state index contributed by atoms with van der Waals surface area (Å²) in [4.78, 5) is 14.2. The van der Waals surface area contributed by atoms with Gasteiger partial charge in [0.1, 0.15) is 4.21 Å². The van der Waals surface area contributed by atoms with Crippen LogP contribution in [-0.4, -0.2) is 28.0 Å². The average Bonchev–Trinajstić information content (AvgIpc) is 3.16. The summed E-state index contributed by atoms with van der Waals surface area (Å²) in [5.41, 5.74) is 2.43. The van der Waals surface area contributed by atoms with E-state index in [4.69, 9.17) is 9.47 Å². The highest BCUT2D eigenvalue weighted by Crippen LogP contribution is 2.28. The van der Waals surface area contributed by atoms with Crippen molar-refractivity contribution in [3.05, 3.63) is 41.3 Å². The summed E-state index contributed by atoms with van der Waals surface area (Å²) in [5.74, 6) is 0.343. The smallest absolute Gasteiger partial charge is 0.266 e. The third-order valence-electron chi connectivity index (χ3n) is 3.24. The number of benzene rings is 1. The fraction of sp³-hybridized carbons (Fsp3) is 0.312. The molecule has 0 saturated heterocycles. The van der Waals surface area contributed by atoms with E-state index < -0.39 is 15.9 Å². The summed E-state index contributed by atoms with van der Waals surface area (Å²) in [6.45, 7) is 2.62. The number of nitrogens with one attached hydrogen (secondary N) is 2. The van der Waals surface area contributed by atoms with E-state index in [1.165, 1.54) is 19.2 Å². The molecule has 0 unspecified atom stereocenters. The molecule has 2 rings (SSSR count). The van der Waals surface area contributed by atoms with Gasteiger partial charge in [-0.3, -0.25) is 10.2 Å². The van der Waals surface area contributed by atoms with Crippen LogP contribution in [0.3, 0.4) is 0 Å².